The van der Waals surface area contributed by atoms with Crippen molar-refractivity contribution in [2.75, 3.05) is 5.73 Å². The van der Waals surface area contributed by atoms with Crippen molar-refractivity contribution in [3.8, 4) is 0 Å². The average Bonchev–Trinajstić information content (AvgIpc) is 2.28. The third kappa shape index (κ3) is 2.00. The Morgan fingerprint density at radius 3 is 3.00 bits per heavy atom. The normalized spacial score (nSPS) is 10.4. The lowest BCUT2D eigenvalue weighted by atomic mass is 10.0. The van der Waals surface area contributed by atoms with Crippen molar-refractivity contribution in [1.29, 1.82) is 0 Å². The van der Waals surface area contributed by atoms with Crippen LogP contribution in [0.15, 0.2) is 24.7 Å². The van der Waals surface area contributed by atoms with Crippen LogP contribution in [-0.4, -0.2) is 9.97 Å². The molecule has 16 heavy (non-hydrogen) atoms. The van der Waals surface area contributed by atoms with E-state index >= 15 is 0 Å². The van der Waals surface area contributed by atoms with Gasteiger partial charge in [-0.05, 0) is 29.7 Å². The second kappa shape index (κ2) is 4.26. The molecule has 0 aromatic carbocycles. The number of hydrogen-bond donors (Lipinski definition) is 1. The van der Waals surface area contributed by atoms with Gasteiger partial charge in [0, 0.05) is 31.1 Å². The van der Waals surface area contributed by atoms with Gasteiger partial charge in [0.15, 0.2) is 11.6 Å². The number of nitrogens with zero attached hydrogens (tertiary/aromatic N) is 2. The van der Waals surface area contributed by atoms with Gasteiger partial charge in [-0.1, -0.05) is 0 Å². The zero-order valence-corrected chi connectivity index (χ0v) is 8.87. The maximum atomic E-state index is 13.6. The van der Waals surface area contributed by atoms with Gasteiger partial charge >= 0.3 is 0 Å². The van der Waals surface area contributed by atoms with Crippen molar-refractivity contribution in [1.82, 2.24) is 9.97 Å². The first-order valence-electron chi connectivity index (χ1n) is 4.88. The number of hydrogen-bond acceptors (Lipinski definition) is 3. The summed E-state index contributed by atoms with van der Waals surface area (Å²) in [6, 6.07) is 4.60. The Hall–Kier alpha value is -1.97. The van der Waals surface area contributed by atoms with Gasteiger partial charge in [0.05, 0.1) is 0 Å². The van der Waals surface area contributed by atoms with Crippen LogP contribution < -0.4 is 5.73 Å². The quantitative estimate of drug-likeness (QED) is 0.834. The van der Waals surface area contributed by atoms with E-state index in [0.29, 0.717) is 12.0 Å². The summed E-state index contributed by atoms with van der Waals surface area (Å²) in [6.45, 7) is 1.92. The molecule has 0 atom stereocenters. The van der Waals surface area contributed by atoms with E-state index in [2.05, 4.69) is 16.0 Å². The number of rotatable bonds is 2. The lowest BCUT2D eigenvalue weighted by Crippen LogP contribution is -2.01. The van der Waals surface area contributed by atoms with Crippen LogP contribution in [0.4, 0.5) is 10.2 Å². The molecule has 0 spiro atoms. The van der Waals surface area contributed by atoms with Crippen molar-refractivity contribution < 1.29 is 4.39 Å². The van der Waals surface area contributed by atoms with Gasteiger partial charge in [-0.25, -0.2) is 9.37 Å². The molecule has 2 N–H and O–H groups in total. The molecule has 0 aliphatic heterocycles. The molecule has 0 bridgehead atoms. The lowest BCUT2D eigenvalue weighted by Gasteiger charge is -2.06. The van der Waals surface area contributed by atoms with Gasteiger partial charge in [0.2, 0.25) is 0 Å². The molecular weight excluding hydrogens is 205 g/mol. The molecule has 2 aromatic rings. The number of halogens is 1. The highest BCUT2D eigenvalue weighted by Crippen LogP contribution is 2.17. The molecule has 3 nitrogen and oxygen atoms in total. The number of nitrogen functional groups attached to an aromatic ring is 1. The molecule has 2 heterocycles. The highest BCUT2D eigenvalue weighted by Gasteiger charge is 2.08. The molecule has 0 unspecified atom stereocenters. The fourth-order valence-corrected chi connectivity index (χ4v) is 1.47. The number of nitrogens with two attached hydrogens (primary N) is 1. The van der Waals surface area contributed by atoms with E-state index in [1.54, 1.807) is 18.5 Å². The van der Waals surface area contributed by atoms with Crippen molar-refractivity contribution in [3.63, 3.8) is 0 Å². The summed E-state index contributed by atoms with van der Waals surface area (Å²) in [5.74, 6) is -0.520. The van der Waals surface area contributed by atoms with E-state index in [1.165, 1.54) is 6.20 Å². The number of aromatic nitrogens is 2. The minimum absolute atomic E-state index is 0.0666. The van der Waals surface area contributed by atoms with Gasteiger partial charge < -0.3 is 5.73 Å². The van der Waals surface area contributed by atoms with Crippen molar-refractivity contribution in [2.45, 2.75) is 13.3 Å². The summed E-state index contributed by atoms with van der Waals surface area (Å²) < 4.78 is 13.6. The summed E-state index contributed by atoms with van der Waals surface area (Å²) in [6.07, 6.45) is 5.26. The number of anilines is 1. The largest absolute Gasteiger partial charge is 0.381 e. The molecule has 0 aliphatic rings. The topological polar surface area (TPSA) is 51.8 Å². The molecular formula is C12H11FN3. The van der Waals surface area contributed by atoms with E-state index in [-0.39, 0.29) is 5.82 Å². The molecule has 0 saturated carbocycles. The minimum atomic E-state index is -0.453. The summed E-state index contributed by atoms with van der Waals surface area (Å²) in [5, 5.41) is 0. The second-order valence-corrected chi connectivity index (χ2v) is 3.55. The summed E-state index contributed by atoms with van der Waals surface area (Å²) in [4.78, 5) is 7.65. The minimum Gasteiger partial charge on any atom is -0.381 e. The smallest absolute Gasteiger partial charge is 0.168 e. The fourth-order valence-electron chi connectivity index (χ4n) is 1.47. The van der Waals surface area contributed by atoms with Crippen LogP contribution >= 0.6 is 0 Å². The molecule has 0 amide bonds. The van der Waals surface area contributed by atoms with Crippen molar-refractivity contribution >= 4 is 5.82 Å². The Balaban J connectivity index is 2.35. The first-order chi connectivity index (χ1) is 7.68. The van der Waals surface area contributed by atoms with E-state index in [9.17, 15) is 4.39 Å². The predicted molar refractivity (Wildman–Crippen MR) is 59.2 cm³/mol. The molecule has 0 aliphatic carbocycles. The second-order valence-electron chi connectivity index (χ2n) is 3.55. The van der Waals surface area contributed by atoms with Crippen LogP contribution in [-0.2, 0) is 6.42 Å². The van der Waals surface area contributed by atoms with Crippen LogP contribution in [0, 0.1) is 18.8 Å². The Morgan fingerprint density at radius 1 is 1.44 bits per heavy atom. The Bertz CT molecular complexity index is 511. The highest BCUT2D eigenvalue weighted by molar-refractivity contribution is 5.38. The van der Waals surface area contributed by atoms with Gasteiger partial charge in [-0.15, -0.1) is 0 Å². The number of pyridine rings is 2. The molecule has 81 valence electrons. The van der Waals surface area contributed by atoms with Crippen molar-refractivity contribution in [3.05, 3.63) is 53.2 Å². The zero-order chi connectivity index (χ0) is 11.5. The Kier molecular flexibility index (Phi) is 2.81. The highest BCUT2D eigenvalue weighted by atomic mass is 19.1. The monoisotopic (exact) mass is 216 g/mol. The number of aryl methyl sites for hydroxylation is 1. The first kappa shape index (κ1) is 10.5. The standard InChI is InChI=1S/C12H11FN3/c1-8-2-4-15-7-10(8)6-9-3-5-16-12(14)11(9)13/h3-5,7H,6H2,1H3,(H2,14,16). The molecule has 1 radical (unpaired) electrons. The fraction of sp³-hybridized carbons (Fsp3) is 0.167. The maximum absolute atomic E-state index is 13.6. The summed E-state index contributed by atoms with van der Waals surface area (Å²) in [5.41, 5.74) is 7.83. The van der Waals surface area contributed by atoms with E-state index < -0.39 is 5.82 Å². The zero-order valence-electron chi connectivity index (χ0n) is 8.87. The predicted octanol–water partition coefficient (Wildman–Crippen LogP) is 1.90. The first-order valence-corrected chi connectivity index (χ1v) is 4.88. The van der Waals surface area contributed by atoms with Gasteiger partial charge in [-0.2, -0.15) is 0 Å². The molecule has 0 saturated heterocycles. The SMILES string of the molecule is Cc1[c]cncc1Cc1ccnc(N)c1F. The third-order valence-electron chi connectivity index (χ3n) is 2.44. The summed E-state index contributed by atoms with van der Waals surface area (Å²) in [7, 11) is 0. The van der Waals surface area contributed by atoms with Crippen molar-refractivity contribution in [2.24, 2.45) is 0 Å². The Morgan fingerprint density at radius 2 is 2.25 bits per heavy atom. The third-order valence-corrected chi connectivity index (χ3v) is 2.44. The average molecular weight is 216 g/mol. The van der Waals surface area contributed by atoms with E-state index in [1.807, 2.05) is 6.92 Å². The van der Waals surface area contributed by atoms with Crippen LogP contribution in [0.1, 0.15) is 16.7 Å². The van der Waals surface area contributed by atoms with Crippen LogP contribution in [0.3, 0.4) is 0 Å². The lowest BCUT2D eigenvalue weighted by molar-refractivity contribution is 0.613. The van der Waals surface area contributed by atoms with Gasteiger partial charge in [0.1, 0.15) is 0 Å². The Labute approximate surface area is 93.2 Å². The van der Waals surface area contributed by atoms with Crippen LogP contribution in [0.2, 0.25) is 0 Å². The summed E-state index contributed by atoms with van der Waals surface area (Å²) >= 11 is 0. The van der Waals surface area contributed by atoms with E-state index in [0.717, 1.165) is 11.1 Å². The molecule has 2 rings (SSSR count). The molecule has 4 heteroatoms. The van der Waals surface area contributed by atoms with Crippen LogP contribution in [0.25, 0.3) is 0 Å². The van der Waals surface area contributed by atoms with E-state index in [4.69, 9.17) is 5.73 Å². The molecule has 0 fully saturated rings. The van der Waals surface area contributed by atoms with Gasteiger partial charge in [-0.3, -0.25) is 4.98 Å². The maximum Gasteiger partial charge on any atom is 0.168 e. The van der Waals surface area contributed by atoms with Crippen LogP contribution in [0.5, 0.6) is 0 Å². The molecule has 2 aromatic heterocycles. The van der Waals surface area contributed by atoms with Gasteiger partial charge in [0.25, 0.3) is 0 Å².